The van der Waals surface area contributed by atoms with Gasteiger partial charge in [0.05, 0.1) is 0 Å². The first kappa shape index (κ1) is 27.5. The molecule has 0 aromatic rings. The van der Waals surface area contributed by atoms with Gasteiger partial charge in [0.15, 0.2) is 0 Å². The largest absolute Gasteiger partial charge is 4.00 e. The third-order valence-electron chi connectivity index (χ3n) is 2.97. The van der Waals surface area contributed by atoms with Crippen LogP contribution in [0.1, 0.15) is 67.2 Å². The van der Waals surface area contributed by atoms with Gasteiger partial charge in [-0.1, -0.05) is 54.4 Å². The van der Waals surface area contributed by atoms with Crippen LogP contribution in [0.25, 0.3) is 0 Å². The van der Waals surface area contributed by atoms with E-state index in [1.807, 2.05) is 0 Å². The van der Waals surface area contributed by atoms with E-state index in [9.17, 15) is 0 Å². The van der Waals surface area contributed by atoms with Gasteiger partial charge in [0.25, 0.3) is 0 Å². The van der Waals surface area contributed by atoms with E-state index in [2.05, 4.69) is 78.0 Å². The Balaban J connectivity index is -0.000000308. The third kappa shape index (κ3) is 15.0. The van der Waals surface area contributed by atoms with E-state index in [0.29, 0.717) is 10.8 Å². The minimum atomic E-state index is 0. The second kappa shape index (κ2) is 12.1. The maximum atomic E-state index is 3.32. The first-order valence-corrected chi connectivity index (χ1v) is 7.68. The van der Waals surface area contributed by atoms with Crippen LogP contribution < -0.4 is 9.41 Å². The van der Waals surface area contributed by atoms with Crippen molar-refractivity contribution >= 4 is 0 Å². The Bertz CT molecular complexity index is 388. The van der Waals surface area contributed by atoms with Crippen LogP contribution in [0.2, 0.25) is 0 Å². The van der Waals surface area contributed by atoms with Crippen molar-refractivity contribution in [1.82, 2.24) is 0 Å². The Kier molecular flexibility index (Phi) is 14.5. The summed E-state index contributed by atoms with van der Waals surface area (Å²) in [4.78, 5) is 0. The molecular weight excluding hydrogens is 457 g/mol. The topological polar surface area (TPSA) is 0 Å². The molecule has 0 saturated heterocycles. The number of hydrogen-bond donors (Lipinski definition) is 0. The molecule has 128 valence electrons. The molecule has 0 N–H and O–H groups in total. The van der Waals surface area contributed by atoms with Crippen LogP contribution in [-0.2, 0) is 25.8 Å². The third-order valence-corrected chi connectivity index (χ3v) is 2.97. The molecule has 2 aliphatic carbocycles. The molecule has 0 atom stereocenters. The van der Waals surface area contributed by atoms with Gasteiger partial charge in [-0.2, -0.15) is 12.2 Å². The zero-order chi connectivity index (χ0) is 15.2. The van der Waals surface area contributed by atoms with Gasteiger partial charge in [-0.3, -0.25) is 12.2 Å². The van der Waals surface area contributed by atoms with Gasteiger partial charge in [0, 0.05) is 0 Å². The van der Waals surface area contributed by atoms with Crippen molar-refractivity contribution in [1.29, 1.82) is 0 Å². The number of allylic oxidation sites excluding steroid dienone is 8. The minimum Gasteiger partial charge on any atom is -1.00 e. The average Bonchev–Trinajstić information content (AvgIpc) is 2.87. The smallest absolute Gasteiger partial charge is 1.00 e. The molecule has 0 bridgehead atoms. The van der Waals surface area contributed by atoms with E-state index in [0.717, 1.165) is 25.7 Å². The monoisotopic (exact) mass is 488 g/mol. The molecule has 0 aromatic carbocycles. The molecular formula is C20H30F2Hf. The molecule has 0 aromatic heterocycles. The standard InChI is InChI=1S/2C10H15.2FH.Hf/c2*1-10(2,3)8-9-6-4-5-7-9;;;/h2*4,6H,5,8H2,1-3H3;2*1H;/q2*-1;;;+4/p-2. The molecule has 0 amide bonds. The van der Waals surface area contributed by atoms with Crippen molar-refractivity contribution in [3.8, 4) is 0 Å². The fourth-order valence-electron chi connectivity index (χ4n) is 2.29. The summed E-state index contributed by atoms with van der Waals surface area (Å²) in [5.41, 5.74) is 3.59. The zero-order valence-corrected chi connectivity index (χ0v) is 19.0. The molecule has 0 fully saturated rings. The molecule has 23 heavy (non-hydrogen) atoms. The number of rotatable bonds is 2. The summed E-state index contributed by atoms with van der Waals surface area (Å²) in [7, 11) is 0. The normalized spacial score (nSPS) is 15.4. The SMILES string of the molecule is CC(C)(C)CC1=[C-]CC=C1.CC(C)(C)CC1=[C-]CC=C1.[F-].[F-].[Hf+4]. The van der Waals surface area contributed by atoms with E-state index < -0.39 is 0 Å². The first-order valence-electron chi connectivity index (χ1n) is 7.68. The van der Waals surface area contributed by atoms with Gasteiger partial charge < -0.3 is 9.41 Å². The molecule has 0 aliphatic heterocycles. The molecule has 0 unspecified atom stereocenters. The van der Waals surface area contributed by atoms with Crippen LogP contribution in [0.4, 0.5) is 0 Å². The predicted octanol–water partition coefficient (Wildman–Crippen LogP) is 0.230. The molecule has 2 aliphatic rings. The van der Waals surface area contributed by atoms with E-state index in [-0.39, 0.29) is 35.3 Å². The summed E-state index contributed by atoms with van der Waals surface area (Å²) < 4.78 is 0. The van der Waals surface area contributed by atoms with E-state index in [4.69, 9.17) is 0 Å². The Morgan fingerprint density at radius 1 is 0.739 bits per heavy atom. The molecule has 0 spiro atoms. The average molecular weight is 487 g/mol. The molecule has 0 heterocycles. The van der Waals surface area contributed by atoms with Crippen LogP contribution in [0.3, 0.4) is 0 Å². The quantitative estimate of drug-likeness (QED) is 0.387. The Hall–Kier alpha value is -0.310. The second-order valence-corrected chi connectivity index (χ2v) is 8.09. The first-order chi connectivity index (χ1) is 9.16. The van der Waals surface area contributed by atoms with Crippen LogP contribution in [0.5, 0.6) is 0 Å². The van der Waals surface area contributed by atoms with E-state index in [1.54, 1.807) is 0 Å². The molecule has 0 radical (unpaired) electrons. The van der Waals surface area contributed by atoms with Crippen LogP contribution in [0, 0.1) is 23.0 Å². The van der Waals surface area contributed by atoms with Crippen LogP contribution in [-0.4, -0.2) is 0 Å². The predicted molar refractivity (Wildman–Crippen MR) is 89.2 cm³/mol. The van der Waals surface area contributed by atoms with Crippen molar-refractivity contribution in [2.24, 2.45) is 10.8 Å². The fraction of sp³-hybridized carbons (Fsp3) is 0.600. The summed E-state index contributed by atoms with van der Waals surface area (Å²) in [6.07, 6.45) is 19.7. The van der Waals surface area contributed by atoms with Crippen molar-refractivity contribution < 1.29 is 35.3 Å². The second-order valence-electron chi connectivity index (χ2n) is 8.09. The van der Waals surface area contributed by atoms with Crippen molar-refractivity contribution in [3.05, 3.63) is 47.6 Å². The van der Waals surface area contributed by atoms with Gasteiger partial charge >= 0.3 is 25.8 Å². The summed E-state index contributed by atoms with van der Waals surface area (Å²) >= 11 is 0. The molecule has 2 rings (SSSR count). The summed E-state index contributed by atoms with van der Waals surface area (Å²) in [6.45, 7) is 13.5. The van der Waals surface area contributed by atoms with Gasteiger partial charge in [-0.25, -0.2) is 23.3 Å². The minimum absolute atomic E-state index is 0. The van der Waals surface area contributed by atoms with E-state index in [1.165, 1.54) is 11.1 Å². The van der Waals surface area contributed by atoms with Gasteiger partial charge in [-0.15, -0.1) is 12.8 Å². The number of halogens is 2. The van der Waals surface area contributed by atoms with Gasteiger partial charge in [-0.05, 0) is 10.8 Å². The maximum absolute atomic E-state index is 3.32. The fourth-order valence-corrected chi connectivity index (χ4v) is 2.29. The Morgan fingerprint density at radius 2 is 1.04 bits per heavy atom. The summed E-state index contributed by atoms with van der Waals surface area (Å²) in [5, 5.41) is 0. The van der Waals surface area contributed by atoms with Crippen LogP contribution in [0.15, 0.2) is 35.5 Å². The summed E-state index contributed by atoms with van der Waals surface area (Å²) in [6, 6.07) is 0. The van der Waals surface area contributed by atoms with Gasteiger partial charge in [0.2, 0.25) is 0 Å². The van der Waals surface area contributed by atoms with Crippen molar-refractivity contribution in [2.75, 3.05) is 0 Å². The molecule has 0 saturated carbocycles. The maximum Gasteiger partial charge on any atom is 4.00 e. The number of hydrogen-bond acceptors (Lipinski definition) is 0. The van der Waals surface area contributed by atoms with Crippen molar-refractivity contribution in [2.45, 2.75) is 67.2 Å². The van der Waals surface area contributed by atoms with Crippen molar-refractivity contribution in [3.63, 3.8) is 0 Å². The van der Waals surface area contributed by atoms with Gasteiger partial charge in [0.1, 0.15) is 0 Å². The zero-order valence-electron chi connectivity index (χ0n) is 15.4. The molecule has 0 nitrogen and oxygen atoms in total. The van der Waals surface area contributed by atoms with E-state index >= 15 is 0 Å². The molecule has 3 heteroatoms. The Morgan fingerprint density at radius 3 is 1.22 bits per heavy atom. The Labute approximate surface area is 160 Å². The summed E-state index contributed by atoms with van der Waals surface area (Å²) in [5.74, 6) is 0. The van der Waals surface area contributed by atoms with Crippen LogP contribution >= 0.6 is 0 Å².